The molecule has 2 N–H and O–H groups in total. The fourth-order valence-electron chi connectivity index (χ4n) is 5.05. The summed E-state index contributed by atoms with van der Waals surface area (Å²) in [6.07, 6.45) is 6.45. The van der Waals surface area contributed by atoms with Crippen molar-refractivity contribution < 1.29 is 9.72 Å². The molecule has 2 aromatic rings. The number of halogens is 1. The number of likely N-dealkylation sites (tertiary alicyclic amines) is 1. The van der Waals surface area contributed by atoms with Gasteiger partial charge in [-0.2, -0.15) is 0 Å². The number of nitrogens with zero attached hydrogens (tertiary/aromatic N) is 2. The molecule has 2 unspecified atom stereocenters. The Morgan fingerprint density at radius 1 is 1.06 bits per heavy atom. The van der Waals surface area contributed by atoms with Crippen molar-refractivity contribution in [3.63, 3.8) is 0 Å². The standard InChI is InChI=1S/C24H29ClN4O3/c25-19-10-8-17(9-11-19)16-18-12-14-28(15-13-18)22-7-3-5-20(22)26-24(30)27-21-4-1-2-6-23(21)29(31)32/h1-2,4,6,8-11,18,20,22H,3,5,7,12-16H2,(H2,26,27,30). The third-order valence-corrected chi connectivity index (χ3v) is 6.95. The molecule has 2 aromatic carbocycles. The van der Waals surface area contributed by atoms with Crippen LogP contribution in [0.25, 0.3) is 0 Å². The summed E-state index contributed by atoms with van der Waals surface area (Å²) in [5, 5.41) is 17.7. The number of hydrogen-bond donors (Lipinski definition) is 2. The Morgan fingerprint density at radius 3 is 2.50 bits per heavy atom. The van der Waals surface area contributed by atoms with Crippen LogP contribution in [-0.4, -0.2) is 41.0 Å². The van der Waals surface area contributed by atoms with E-state index in [1.807, 2.05) is 12.1 Å². The number of piperidine rings is 1. The molecule has 2 aliphatic rings. The molecule has 170 valence electrons. The molecule has 2 fully saturated rings. The number of benzene rings is 2. The Hall–Kier alpha value is -2.64. The number of hydrogen-bond acceptors (Lipinski definition) is 4. The van der Waals surface area contributed by atoms with Gasteiger partial charge in [0, 0.05) is 23.2 Å². The van der Waals surface area contributed by atoms with Crippen LogP contribution in [0.4, 0.5) is 16.2 Å². The second-order valence-electron chi connectivity index (χ2n) is 8.79. The highest BCUT2D eigenvalue weighted by molar-refractivity contribution is 6.30. The summed E-state index contributed by atoms with van der Waals surface area (Å²) in [5.41, 5.74) is 1.45. The zero-order valence-electron chi connectivity index (χ0n) is 18.0. The Morgan fingerprint density at radius 2 is 1.78 bits per heavy atom. The SMILES string of the molecule is O=C(Nc1ccccc1[N+](=O)[O-])NC1CCCC1N1CCC(Cc2ccc(Cl)cc2)CC1. The maximum atomic E-state index is 12.6. The average Bonchev–Trinajstić information content (AvgIpc) is 3.24. The molecule has 7 nitrogen and oxygen atoms in total. The van der Waals surface area contributed by atoms with Crippen LogP contribution in [0, 0.1) is 16.0 Å². The van der Waals surface area contributed by atoms with E-state index >= 15 is 0 Å². The van der Waals surface area contributed by atoms with Gasteiger partial charge in [-0.05, 0) is 81.3 Å². The van der Waals surface area contributed by atoms with E-state index in [4.69, 9.17) is 11.6 Å². The number of carbonyl (C=O) groups is 1. The number of anilines is 1. The van der Waals surface area contributed by atoms with Crippen molar-refractivity contribution in [2.24, 2.45) is 5.92 Å². The minimum atomic E-state index is -0.484. The van der Waals surface area contributed by atoms with Gasteiger partial charge in [0.05, 0.1) is 4.92 Å². The number of amides is 2. The number of nitrogens with one attached hydrogen (secondary N) is 2. The monoisotopic (exact) mass is 456 g/mol. The third-order valence-electron chi connectivity index (χ3n) is 6.70. The van der Waals surface area contributed by atoms with Crippen molar-refractivity contribution in [3.05, 3.63) is 69.2 Å². The first-order chi connectivity index (χ1) is 15.5. The molecule has 0 bridgehead atoms. The lowest BCUT2D eigenvalue weighted by atomic mass is 9.89. The Balaban J connectivity index is 1.29. The van der Waals surface area contributed by atoms with Crippen LogP contribution in [0.3, 0.4) is 0 Å². The lowest BCUT2D eigenvalue weighted by Gasteiger charge is -2.38. The van der Waals surface area contributed by atoms with Gasteiger partial charge in [0.2, 0.25) is 0 Å². The Labute approximate surface area is 193 Å². The van der Waals surface area contributed by atoms with E-state index in [1.54, 1.807) is 18.2 Å². The molecule has 32 heavy (non-hydrogen) atoms. The van der Waals surface area contributed by atoms with Crippen LogP contribution in [0.2, 0.25) is 5.02 Å². The number of para-hydroxylation sites is 2. The predicted molar refractivity (Wildman–Crippen MR) is 126 cm³/mol. The van der Waals surface area contributed by atoms with Gasteiger partial charge in [-0.3, -0.25) is 15.0 Å². The fourth-order valence-corrected chi connectivity index (χ4v) is 5.18. The van der Waals surface area contributed by atoms with E-state index < -0.39 is 4.92 Å². The van der Waals surface area contributed by atoms with Crippen molar-refractivity contribution in [2.75, 3.05) is 18.4 Å². The van der Waals surface area contributed by atoms with Gasteiger partial charge in [-0.1, -0.05) is 35.9 Å². The van der Waals surface area contributed by atoms with Crippen LogP contribution < -0.4 is 10.6 Å². The molecule has 0 radical (unpaired) electrons. The van der Waals surface area contributed by atoms with Crippen LogP contribution in [0.15, 0.2) is 48.5 Å². The molecule has 0 spiro atoms. The summed E-state index contributed by atoms with van der Waals surface area (Å²) in [5.74, 6) is 0.669. The second-order valence-corrected chi connectivity index (χ2v) is 9.22. The van der Waals surface area contributed by atoms with E-state index in [2.05, 4.69) is 27.7 Å². The van der Waals surface area contributed by atoms with Crippen molar-refractivity contribution >= 4 is 29.0 Å². The van der Waals surface area contributed by atoms with Crippen LogP contribution in [0.1, 0.15) is 37.7 Å². The fraction of sp³-hybridized carbons (Fsp3) is 0.458. The lowest BCUT2D eigenvalue weighted by molar-refractivity contribution is -0.383. The van der Waals surface area contributed by atoms with Crippen molar-refractivity contribution in [3.8, 4) is 0 Å². The number of rotatable bonds is 6. The molecule has 8 heteroatoms. The molecule has 2 atom stereocenters. The summed E-state index contributed by atoms with van der Waals surface area (Å²) in [4.78, 5) is 25.8. The van der Waals surface area contributed by atoms with E-state index in [1.165, 1.54) is 11.6 Å². The molecule has 1 saturated carbocycles. The molecule has 1 heterocycles. The number of nitro benzene ring substituents is 1. The highest BCUT2D eigenvalue weighted by atomic mass is 35.5. The van der Waals surface area contributed by atoms with Crippen LogP contribution >= 0.6 is 11.6 Å². The van der Waals surface area contributed by atoms with Crippen molar-refractivity contribution in [1.29, 1.82) is 0 Å². The largest absolute Gasteiger partial charge is 0.334 e. The second kappa shape index (κ2) is 10.3. The van der Waals surface area contributed by atoms with Gasteiger partial charge in [-0.25, -0.2) is 4.79 Å². The van der Waals surface area contributed by atoms with Gasteiger partial charge in [-0.15, -0.1) is 0 Å². The van der Waals surface area contributed by atoms with Crippen LogP contribution in [0.5, 0.6) is 0 Å². The van der Waals surface area contributed by atoms with Crippen LogP contribution in [-0.2, 0) is 6.42 Å². The summed E-state index contributed by atoms with van der Waals surface area (Å²) >= 11 is 5.99. The van der Waals surface area contributed by atoms with Gasteiger partial charge in [0.25, 0.3) is 5.69 Å². The Kier molecular flexibility index (Phi) is 7.27. The quantitative estimate of drug-likeness (QED) is 0.459. The predicted octanol–water partition coefficient (Wildman–Crippen LogP) is 5.25. The molecular weight excluding hydrogens is 428 g/mol. The maximum Gasteiger partial charge on any atom is 0.319 e. The zero-order valence-corrected chi connectivity index (χ0v) is 18.8. The van der Waals surface area contributed by atoms with Gasteiger partial charge in [0.1, 0.15) is 5.69 Å². The summed E-state index contributed by atoms with van der Waals surface area (Å²) in [7, 11) is 0. The number of carbonyl (C=O) groups excluding carboxylic acids is 1. The third kappa shape index (κ3) is 5.58. The molecule has 1 saturated heterocycles. The first-order valence-electron chi connectivity index (χ1n) is 11.3. The molecule has 1 aliphatic carbocycles. The summed E-state index contributed by atoms with van der Waals surface area (Å²) < 4.78 is 0. The number of nitro groups is 1. The first-order valence-corrected chi connectivity index (χ1v) is 11.7. The van der Waals surface area contributed by atoms with Crippen molar-refractivity contribution in [1.82, 2.24) is 10.2 Å². The van der Waals surface area contributed by atoms with Gasteiger partial charge < -0.3 is 10.6 Å². The summed E-state index contributed by atoms with van der Waals surface area (Å²) in [6.45, 7) is 2.07. The molecule has 0 aromatic heterocycles. The summed E-state index contributed by atoms with van der Waals surface area (Å²) in [6, 6.07) is 14.3. The van der Waals surface area contributed by atoms with E-state index in [-0.39, 0.29) is 23.4 Å². The normalized spacial score (nSPS) is 21.9. The maximum absolute atomic E-state index is 12.6. The highest BCUT2D eigenvalue weighted by Crippen LogP contribution is 2.30. The zero-order chi connectivity index (χ0) is 22.5. The minimum Gasteiger partial charge on any atom is -0.334 e. The lowest BCUT2D eigenvalue weighted by Crippen LogP contribution is -2.52. The molecule has 4 rings (SSSR count). The van der Waals surface area contributed by atoms with E-state index in [9.17, 15) is 14.9 Å². The highest BCUT2D eigenvalue weighted by Gasteiger charge is 2.35. The average molecular weight is 457 g/mol. The topological polar surface area (TPSA) is 87.5 Å². The first kappa shape index (κ1) is 22.6. The van der Waals surface area contributed by atoms with Gasteiger partial charge in [0.15, 0.2) is 0 Å². The smallest absolute Gasteiger partial charge is 0.319 e. The minimum absolute atomic E-state index is 0.0607. The van der Waals surface area contributed by atoms with Gasteiger partial charge >= 0.3 is 6.03 Å². The van der Waals surface area contributed by atoms with E-state index in [0.717, 1.165) is 56.6 Å². The molecule has 2 amide bonds. The number of urea groups is 1. The molecular formula is C24H29ClN4O3. The van der Waals surface area contributed by atoms with E-state index in [0.29, 0.717) is 12.0 Å². The van der Waals surface area contributed by atoms with Crippen molar-refractivity contribution in [2.45, 2.75) is 50.6 Å². The molecule has 1 aliphatic heterocycles. The Bertz CT molecular complexity index is 945.